The van der Waals surface area contributed by atoms with Gasteiger partial charge in [0.1, 0.15) is 5.75 Å². The fourth-order valence-corrected chi connectivity index (χ4v) is 2.95. The molecule has 128 valence electrons. The van der Waals surface area contributed by atoms with Crippen LogP contribution in [-0.2, 0) is 0 Å². The molecule has 0 spiro atoms. The van der Waals surface area contributed by atoms with E-state index in [9.17, 15) is 4.79 Å². The molecule has 0 atom stereocenters. The molecule has 0 N–H and O–H groups in total. The minimum absolute atomic E-state index is 0.104. The maximum Gasteiger partial charge on any atom is 0.277 e. The lowest BCUT2D eigenvalue weighted by Gasteiger charge is -2.01. The third-order valence-electron chi connectivity index (χ3n) is 3.31. The normalized spacial score (nSPS) is 10.7. The van der Waals surface area contributed by atoms with E-state index in [1.807, 2.05) is 12.1 Å². The third kappa shape index (κ3) is 4.34. The van der Waals surface area contributed by atoms with Gasteiger partial charge in [-0.3, -0.25) is 4.79 Å². The van der Waals surface area contributed by atoms with Gasteiger partial charge >= 0.3 is 0 Å². The number of rotatable bonds is 6. The fourth-order valence-electron chi connectivity index (χ4n) is 2.00. The molecule has 1 aromatic heterocycles. The molecule has 0 radical (unpaired) electrons. The van der Waals surface area contributed by atoms with E-state index in [1.54, 1.807) is 37.4 Å². The third-order valence-corrected chi connectivity index (χ3v) is 4.87. The van der Waals surface area contributed by atoms with E-state index in [4.69, 9.17) is 32.4 Å². The van der Waals surface area contributed by atoms with Crippen LogP contribution in [0.5, 0.6) is 5.75 Å². The van der Waals surface area contributed by atoms with Crippen molar-refractivity contribution in [2.24, 2.45) is 0 Å². The predicted octanol–water partition coefficient (Wildman–Crippen LogP) is 5.03. The summed E-state index contributed by atoms with van der Waals surface area (Å²) in [5, 5.41) is 9.01. The summed E-state index contributed by atoms with van der Waals surface area (Å²) in [4.78, 5) is 12.2. The molecule has 5 nitrogen and oxygen atoms in total. The van der Waals surface area contributed by atoms with Crippen LogP contribution in [0.1, 0.15) is 10.4 Å². The summed E-state index contributed by atoms with van der Waals surface area (Å²) in [6.07, 6.45) is 0. The van der Waals surface area contributed by atoms with Crippen molar-refractivity contribution in [3.05, 3.63) is 58.1 Å². The van der Waals surface area contributed by atoms with Crippen LogP contribution in [0.25, 0.3) is 11.5 Å². The number of carbonyl (C=O) groups is 1. The molecule has 0 saturated carbocycles. The molecule has 25 heavy (non-hydrogen) atoms. The first-order chi connectivity index (χ1) is 12.1. The average Bonchev–Trinajstić information content (AvgIpc) is 3.11. The number of nitrogens with zero attached hydrogens (tertiary/aromatic N) is 2. The number of aromatic nitrogens is 2. The standard InChI is InChI=1S/C17H12Cl2N2O3S/c1-23-12-5-2-10(3-6-12)16-20-21-17(24-16)25-9-15(22)11-4-7-13(18)14(19)8-11/h2-8H,9H2,1H3. The Labute approximate surface area is 158 Å². The molecule has 0 bridgehead atoms. The highest BCUT2D eigenvalue weighted by Gasteiger charge is 2.13. The van der Waals surface area contributed by atoms with E-state index in [1.165, 1.54) is 11.8 Å². The summed E-state index contributed by atoms with van der Waals surface area (Å²) in [7, 11) is 1.60. The first-order valence-corrected chi connectivity index (χ1v) is 8.90. The maximum absolute atomic E-state index is 12.2. The van der Waals surface area contributed by atoms with Crippen molar-refractivity contribution in [3.8, 4) is 17.2 Å². The van der Waals surface area contributed by atoms with Gasteiger partial charge in [-0.25, -0.2) is 0 Å². The number of carbonyl (C=O) groups excluding carboxylic acids is 1. The number of Topliss-reactive ketones (excluding diaryl/α,β-unsaturated/α-hetero) is 1. The largest absolute Gasteiger partial charge is 0.497 e. The highest BCUT2D eigenvalue weighted by molar-refractivity contribution is 7.99. The molecule has 0 fully saturated rings. The summed E-state index contributed by atoms with van der Waals surface area (Å²) < 4.78 is 10.7. The van der Waals surface area contributed by atoms with Gasteiger partial charge in [0.25, 0.3) is 5.22 Å². The van der Waals surface area contributed by atoms with E-state index in [-0.39, 0.29) is 11.5 Å². The Bertz CT molecular complexity index is 897. The minimum atomic E-state index is -0.104. The van der Waals surface area contributed by atoms with Gasteiger partial charge in [0, 0.05) is 11.1 Å². The Morgan fingerprint density at radius 2 is 1.88 bits per heavy atom. The molecule has 1 heterocycles. The highest BCUT2D eigenvalue weighted by atomic mass is 35.5. The van der Waals surface area contributed by atoms with Gasteiger partial charge in [0.2, 0.25) is 5.89 Å². The molecule has 2 aromatic carbocycles. The van der Waals surface area contributed by atoms with Crippen molar-refractivity contribution in [2.45, 2.75) is 5.22 Å². The van der Waals surface area contributed by atoms with E-state index in [2.05, 4.69) is 10.2 Å². The number of ether oxygens (including phenoxy) is 1. The molecule has 0 aliphatic carbocycles. The van der Waals surface area contributed by atoms with Gasteiger partial charge in [-0.2, -0.15) is 0 Å². The number of halogens is 2. The number of methoxy groups -OCH3 is 1. The van der Waals surface area contributed by atoms with Crippen LogP contribution < -0.4 is 4.74 Å². The molecule has 0 amide bonds. The zero-order chi connectivity index (χ0) is 17.8. The number of thioether (sulfide) groups is 1. The van der Waals surface area contributed by atoms with Crippen molar-refractivity contribution in [2.75, 3.05) is 12.9 Å². The molecule has 3 aromatic rings. The van der Waals surface area contributed by atoms with Crippen molar-refractivity contribution >= 4 is 40.7 Å². The van der Waals surface area contributed by atoms with Crippen molar-refractivity contribution in [1.29, 1.82) is 0 Å². The molecule has 0 aliphatic heterocycles. The number of ketones is 1. The van der Waals surface area contributed by atoms with Crippen LogP contribution >= 0.6 is 35.0 Å². The highest BCUT2D eigenvalue weighted by Crippen LogP contribution is 2.27. The topological polar surface area (TPSA) is 65.2 Å². The van der Waals surface area contributed by atoms with E-state index in [0.29, 0.717) is 26.7 Å². The molecular weight excluding hydrogens is 383 g/mol. The Morgan fingerprint density at radius 1 is 1.12 bits per heavy atom. The van der Waals surface area contributed by atoms with Gasteiger partial charge in [-0.1, -0.05) is 35.0 Å². The second-order valence-corrected chi connectivity index (χ2v) is 6.68. The number of benzene rings is 2. The van der Waals surface area contributed by atoms with Gasteiger partial charge in [0.05, 0.1) is 22.9 Å². The molecule has 3 rings (SSSR count). The van der Waals surface area contributed by atoms with Gasteiger partial charge in [-0.05, 0) is 42.5 Å². The maximum atomic E-state index is 12.2. The van der Waals surface area contributed by atoms with Crippen LogP contribution in [0.2, 0.25) is 10.0 Å². The zero-order valence-electron chi connectivity index (χ0n) is 13.0. The lowest BCUT2D eigenvalue weighted by Crippen LogP contribution is -2.02. The Hall–Kier alpha value is -2.02. The molecule has 0 saturated heterocycles. The molecular formula is C17H12Cl2N2O3S. The van der Waals surface area contributed by atoms with Crippen LogP contribution in [-0.4, -0.2) is 28.8 Å². The van der Waals surface area contributed by atoms with E-state index < -0.39 is 0 Å². The van der Waals surface area contributed by atoms with Crippen molar-refractivity contribution in [1.82, 2.24) is 10.2 Å². The van der Waals surface area contributed by atoms with Gasteiger partial charge in [-0.15, -0.1) is 10.2 Å². The quantitative estimate of drug-likeness (QED) is 0.431. The smallest absolute Gasteiger partial charge is 0.277 e. The van der Waals surface area contributed by atoms with Crippen LogP contribution in [0.15, 0.2) is 52.1 Å². The Balaban J connectivity index is 1.64. The van der Waals surface area contributed by atoms with Crippen LogP contribution in [0.3, 0.4) is 0 Å². The average molecular weight is 395 g/mol. The first-order valence-electron chi connectivity index (χ1n) is 7.16. The first kappa shape index (κ1) is 17.8. The van der Waals surface area contributed by atoms with E-state index >= 15 is 0 Å². The Morgan fingerprint density at radius 3 is 2.56 bits per heavy atom. The van der Waals surface area contributed by atoms with Crippen molar-refractivity contribution in [3.63, 3.8) is 0 Å². The predicted molar refractivity (Wildman–Crippen MR) is 97.8 cm³/mol. The summed E-state index contributed by atoms with van der Waals surface area (Å²) in [6, 6.07) is 12.0. The number of hydrogen-bond acceptors (Lipinski definition) is 6. The molecule has 8 heteroatoms. The second-order valence-electron chi connectivity index (χ2n) is 4.94. The lowest BCUT2D eigenvalue weighted by molar-refractivity contribution is 0.102. The lowest BCUT2D eigenvalue weighted by atomic mass is 10.1. The van der Waals surface area contributed by atoms with Crippen LogP contribution in [0.4, 0.5) is 0 Å². The SMILES string of the molecule is COc1ccc(-c2nnc(SCC(=O)c3ccc(Cl)c(Cl)c3)o2)cc1. The number of hydrogen-bond donors (Lipinski definition) is 0. The van der Waals surface area contributed by atoms with Gasteiger partial charge < -0.3 is 9.15 Å². The van der Waals surface area contributed by atoms with E-state index in [0.717, 1.165) is 11.3 Å². The second kappa shape index (κ2) is 7.91. The van der Waals surface area contributed by atoms with Crippen molar-refractivity contribution < 1.29 is 13.9 Å². The summed E-state index contributed by atoms with van der Waals surface area (Å²) >= 11 is 12.9. The monoisotopic (exact) mass is 394 g/mol. The van der Waals surface area contributed by atoms with Crippen LogP contribution in [0, 0.1) is 0 Å². The zero-order valence-corrected chi connectivity index (χ0v) is 15.4. The summed E-state index contributed by atoms with van der Waals surface area (Å²) in [6.45, 7) is 0. The molecule has 0 aliphatic rings. The molecule has 0 unspecified atom stereocenters. The van der Waals surface area contributed by atoms with Gasteiger partial charge in [0.15, 0.2) is 5.78 Å². The minimum Gasteiger partial charge on any atom is -0.497 e. The summed E-state index contributed by atoms with van der Waals surface area (Å²) in [5.74, 6) is 1.17. The summed E-state index contributed by atoms with van der Waals surface area (Å²) in [5.41, 5.74) is 1.26. The fraction of sp³-hybridized carbons (Fsp3) is 0.118. The Kier molecular flexibility index (Phi) is 5.63.